The zero-order chi connectivity index (χ0) is 24.2. The average molecular weight is 467 g/mol. The number of aryl methyl sites for hydroxylation is 4. The van der Waals surface area contributed by atoms with Gasteiger partial charge in [-0.05, 0) is 49.3 Å². The van der Waals surface area contributed by atoms with Gasteiger partial charge in [-0.2, -0.15) is 0 Å². The van der Waals surface area contributed by atoms with Crippen molar-refractivity contribution >= 4 is 22.9 Å². The molecule has 0 saturated heterocycles. The zero-order valence-corrected chi connectivity index (χ0v) is 19.7. The monoisotopic (exact) mass is 466 g/mol. The largest absolute Gasteiger partial charge is 0.457 e. The Morgan fingerprint density at radius 1 is 1.12 bits per heavy atom. The number of carbonyl (C=O) groups excluding carboxylic acids is 2. The average Bonchev–Trinajstić information content (AvgIpc) is 3.17. The molecule has 0 atom stereocenters. The van der Waals surface area contributed by atoms with Crippen LogP contribution in [-0.4, -0.2) is 30.9 Å². The summed E-state index contributed by atoms with van der Waals surface area (Å²) in [6.07, 6.45) is 6.04. The van der Waals surface area contributed by atoms with Crippen molar-refractivity contribution in [3.63, 3.8) is 0 Å². The third-order valence-electron chi connectivity index (χ3n) is 6.43. The molecular formula is C25H30N4O5. The number of aromatic nitrogens is 4. The van der Waals surface area contributed by atoms with Crippen molar-refractivity contribution in [2.45, 2.75) is 71.4 Å². The fourth-order valence-electron chi connectivity index (χ4n) is 4.43. The van der Waals surface area contributed by atoms with E-state index in [0.29, 0.717) is 17.9 Å². The van der Waals surface area contributed by atoms with Crippen molar-refractivity contribution in [1.82, 2.24) is 19.1 Å². The predicted molar refractivity (Wildman–Crippen MR) is 127 cm³/mol. The molecule has 34 heavy (non-hydrogen) atoms. The Hall–Kier alpha value is -3.49. The van der Waals surface area contributed by atoms with E-state index < -0.39 is 17.2 Å². The van der Waals surface area contributed by atoms with Crippen LogP contribution in [0.5, 0.6) is 0 Å². The molecule has 2 heterocycles. The third kappa shape index (κ3) is 4.88. The smallest absolute Gasteiger partial charge is 0.330 e. The molecular weight excluding hydrogens is 436 g/mol. The van der Waals surface area contributed by atoms with Gasteiger partial charge in [0.2, 0.25) is 0 Å². The van der Waals surface area contributed by atoms with Crippen LogP contribution in [-0.2, 0) is 42.6 Å². The van der Waals surface area contributed by atoms with Crippen LogP contribution in [0.15, 0.2) is 27.8 Å². The van der Waals surface area contributed by atoms with E-state index in [1.807, 2.05) is 25.1 Å². The Morgan fingerprint density at radius 2 is 1.88 bits per heavy atom. The fraction of sp³-hybridized carbons (Fsp3) is 0.480. The lowest BCUT2D eigenvalue weighted by atomic mass is 9.89. The highest BCUT2D eigenvalue weighted by Crippen LogP contribution is 2.23. The number of ketones is 1. The molecule has 0 spiro atoms. The number of ether oxygens (including phenoxy) is 1. The molecule has 0 fully saturated rings. The molecule has 0 unspecified atom stereocenters. The minimum atomic E-state index is -0.532. The first-order valence-electron chi connectivity index (χ1n) is 11.9. The summed E-state index contributed by atoms with van der Waals surface area (Å²) in [6.45, 7) is 2.29. The normalized spacial score (nSPS) is 13.1. The summed E-state index contributed by atoms with van der Waals surface area (Å²) >= 11 is 0. The first kappa shape index (κ1) is 23.7. The third-order valence-corrected chi connectivity index (χ3v) is 6.43. The molecule has 180 valence electrons. The number of hydrogen-bond donors (Lipinski definition) is 1. The van der Waals surface area contributed by atoms with Crippen molar-refractivity contribution in [3.05, 3.63) is 61.6 Å². The predicted octanol–water partition coefficient (Wildman–Crippen LogP) is 2.81. The van der Waals surface area contributed by atoms with Gasteiger partial charge >= 0.3 is 11.7 Å². The van der Waals surface area contributed by atoms with Crippen LogP contribution in [0.4, 0.5) is 0 Å². The molecule has 0 amide bonds. The molecule has 3 aromatic rings. The number of hydrogen-bond acceptors (Lipinski definition) is 6. The van der Waals surface area contributed by atoms with Crippen LogP contribution >= 0.6 is 0 Å². The molecule has 4 rings (SSSR count). The van der Waals surface area contributed by atoms with Gasteiger partial charge < -0.3 is 9.30 Å². The molecule has 2 aromatic heterocycles. The molecule has 0 aliphatic heterocycles. The summed E-state index contributed by atoms with van der Waals surface area (Å²) in [5.41, 5.74) is 2.66. The molecule has 1 aliphatic rings. The molecule has 9 heteroatoms. The number of aromatic amines is 1. The van der Waals surface area contributed by atoms with Gasteiger partial charge in [0.05, 0.1) is 6.42 Å². The van der Waals surface area contributed by atoms with Crippen LogP contribution in [0.25, 0.3) is 11.2 Å². The first-order chi connectivity index (χ1) is 16.4. The minimum absolute atomic E-state index is 0.0400. The van der Waals surface area contributed by atoms with Crippen molar-refractivity contribution in [3.8, 4) is 0 Å². The summed E-state index contributed by atoms with van der Waals surface area (Å²) in [5.74, 6) is -0.249. The van der Waals surface area contributed by atoms with Gasteiger partial charge in [0, 0.05) is 25.6 Å². The number of nitrogens with one attached hydrogen (secondary N) is 1. The maximum absolute atomic E-state index is 12.6. The van der Waals surface area contributed by atoms with E-state index in [9.17, 15) is 19.2 Å². The van der Waals surface area contributed by atoms with Gasteiger partial charge in [0.25, 0.3) is 5.56 Å². The fourth-order valence-corrected chi connectivity index (χ4v) is 4.43. The van der Waals surface area contributed by atoms with Crippen molar-refractivity contribution in [2.75, 3.05) is 0 Å². The van der Waals surface area contributed by atoms with E-state index in [-0.39, 0.29) is 36.4 Å². The lowest BCUT2D eigenvalue weighted by Crippen LogP contribution is -2.31. The van der Waals surface area contributed by atoms with Crippen LogP contribution in [0.3, 0.4) is 0 Å². The molecule has 1 aromatic carbocycles. The highest BCUT2D eigenvalue weighted by molar-refractivity contribution is 5.97. The molecule has 0 saturated carbocycles. The number of Topliss-reactive ketones (excluding diaryl/α,β-unsaturated/α-hetero) is 1. The number of fused-ring (bicyclic) bond motifs is 2. The Bertz CT molecular complexity index is 1350. The van der Waals surface area contributed by atoms with Crippen molar-refractivity contribution in [1.29, 1.82) is 0 Å². The maximum Gasteiger partial charge on any atom is 0.330 e. The number of unbranched alkanes of at least 4 members (excludes halogenated alkanes) is 1. The zero-order valence-electron chi connectivity index (χ0n) is 19.7. The molecule has 1 N–H and O–H groups in total. The number of rotatable bonds is 9. The standard InChI is InChI=1S/C25H30N4O5/c1-3-4-13-29-23-22(24(32)27-25(29)33)28(2)20(26-23)15-34-21(31)12-11-19(30)18-10-9-16-7-5-6-8-17(16)14-18/h9-10,14H,3-8,11-13,15H2,1-2H3,(H,27,32,33). The molecule has 1 aliphatic carbocycles. The van der Waals surface area contributed by atoms with Crippen LogP contribution in [0.2, 0.25) is 0 Å². The Morgan fingerprint density at radius 3 is 2.65 bits per heavy atom. The number of imidazole rings is 1. The van der Waals surface area contributed by atoms with Crippen LogP contribution < -0.4 is 11.2 Å². The van der Waals surface area contributed by atoms with E-state index in [4.69, 9.17) is 4.74 Å². The van der Waals surface area contributed by atoms with E-state index in [1.165, 1.54) is 26.7 Å². The second kappa shape index (κ2) is 10.2. The maximum atomic E-state index is 12.6. The first-order valence-corrected chi connectivity index (χ1v) is 11.9. The number of benzene rings is 1. The lowest BCUT2D eigenvalue weighted by molar-refractivity contribution is -0.145. The second-order valence-corrected chi connectivity index (χ2v) is 8.80. The van der Waals surface area contributed by atoms with Gasteiger partial charge in [0.15, 0.2) is 16.9 Å². The number of esters is 1. The second-order valence-electron chi connectivity index (χ2n) is 8.80. The Labute approximate surface area is 196 Å². The van der Waals surface area contributed by atoms with Gasteiger partial charge in [-0.15, -0.1) is 0 Å². The summed E-state index contributed by atoms with van der Waals surface area (Å²) in [7, 11) is 1.64. The molecule has 0 bridgehead atoms. The highest BCUT2D eigenvalue weighted by atomic mass is 16.5. The van der Waals surface area contributed by atoms with Gasteiger partial charge in [0.1, 0.15) is 12.4 Å². The Balaban J connectivity index is 1.40. The summed E-state index contributed by atoms with van der Waals surface area (Å²) in [6, 6.07) is 5.82. The topological polar surface area (TPSA) is 116 Å². The highest BCUT2D eigenvalue weighted by Gasteiger charge is 2.18. The van der Waals surface area contributed by atoms with E-state index in [1.54, 1.807) is 7.05 Å². The number of carbonyl (C=O) groups is 2. The van der Waals surface area contributed by atoms with Crippen molar-refractivity contribution < 1.29 is 14.3 Å². The SMILES string of the molecule is CCCCn1c(=O)[nH]c(=O)c2c1nc(COC(=O)CCC(=O)c1ccc3c(c1)CCCC3)n2C. The molecule has 9 nitrogen and oxygen atoms in total. The van der Waals surface area contributed by atoms with E-state index in [0.717, 1.165) is 32.1 Å². The van der Waals surface area contributed by atoms with Gasteiger partial charge in [-0.25, -0.2) is 9.78 Å². The Kier molecular flexibility index (Phi) is 7.09. The number of H-pyrrole nitrogens is 1. The van der Waals surface area contributed by atoms with Crippen molar-refractivity contribution in [2.24, 2.45) is 7.05 Å². The molecule has 0 radical (unpaired) electrons. The van der Waals surface area contributed by atoms with Gasteiger partial charge in [-0.3, -0.25) is 23.9 Å². The van der Waals surface area contributed by atoms with Crippen LogP contribution in [0, 0.1) is 0 Å². The van der Waals surface area contributed by atoms with E-state index >= 15 is 0 Å². The minimum Gasteiger partial charge on any atom is -0.457 e. The quantitative estimate of drug-likeness (QED) is 0.383. The summed E-state index contributed by atoms with van der Waals surface area (Å²) in [5, 5.41) is 0. The summed E-state index contributed by atoms with van der Waals surface area (Å²) < 4.78 is 8.29. The van der Waals surface area contributed by atoms with E-state index in [2.05, 4.69) is 9.97 Å². The van der Waals surface area contributed by atoms with Crippen LogP contribution in [0.1, 0.15) is 72.8 Å². The lowest BCUT2D eigenvalue weighted by Gasteiger charge is -2.16. The summed E-state index contributed by atoms with van der Waals surface area (Å²) in [4.78, 5) is 56.2. The number of nitrogens with zero attached hydrogens (tertiary/aromatic N) is 3. The van der Waals surface area contributed by atoms with Gasteiger partial charge in [-0.1, -0.05) is 25.5 Å².